The molecular formula is C30H44O5S. The molecule has 0 aliphatic carbocycles. The van der Waals surface area contributed by atoms with Crippen LogP contribution in [0.1, 0.15) is 121 Å². The van der Waals surface area contributed by atoms with Crippen LogP contribution in [0, 0.1) is 0 Å². The van der Waals surface area contributed by atoms with Crippen LogP contribution in [-0.4, -0.2) is 22.3 Å². The highest BCUT2D eigenvalue weighted by Crippen LogP contribution is 2.33. The second kappa shape index (κ2) is 17.4. The first kappa shape index (κ1) is 30.2. The summed E-state index contributed by atoms with van der Waals surface area (Å²) in [4.78, 5) is 25.2. The van der Waals surface area contributed by atoms with Crippen LogP contribution in [-0.2, 0) is 0 Å². The van der Waals surface area contributed by atoms with Crippen molar-refractivity contribution in [3.8, 4) is 0 Å². The number of fused-ring (bicyclic) bond motifs is 1. The van der Waals surface area contributed by atoms with E-state index in [0.717, 1.165) is 41.6 Å². The number of hydrogen-bond donors (Lipinski definition) is 2. The third-order valence-corrected chi connectivity index (χ3v) is 7.62. The minimum atomic E-state index is -1.27. The highest BCUT2D eigenvalue weighted by Gasteiger charge is 2.15. The zero-order valence-corrected chi connectivity index (χ0v) is 22.9. The summed E-state index contributed by atoms with van der Waals surface area (Å²) in [6.45, 7) is 4.37. The van der Waals surface area contributed by atoms with E-state index in [2.05, 4.69) is 19.9 Å². The Morgan fingerprint density at radius 1 is 0.917 bits per heavy atom. The van der Waals surface area contributed by atoms with Crippen LogP contribution in [0.15, 0.2) is 49.4 Å². The Morgan fingerprint density at radius 2 is 1.53 bits per heavy atom. The van der Waals surface area contributed by atoms with E-state index in [1.54, 1.807) is 12.1 Å². The van der Waals surface area contributed by atoms with Crippen LogP contribution in [0.5, 0.6) is 0 Å². The monoisotopic (exact) mass is 516 g/mol. The third kappa shape index (κ3) is 10.9. The average molecular weight is 517 g/mol. The fourth-order valence-electron chi connectivity index (χ4n) is 4.28. The first-order valence-corrected chi connectivity index (χ1v) is 14.6. The van der Waals surface area contributed by atoms with E-state index < -0.39 is 12.1 Å². The predicted octanol–water partition coefficient (Wildman–Crippen LogP) is 8.72. The first-order valence-electron chi connectivity index (χ1n) is 13.8. The molecule has 6 heteroatoms. The first-order chi connectivity index (χ1) is 17.5. The van der Waals surface area contributed by atoms with E-state index in [0.29, 0.717) is 11.8 Å². The van der Waals surface area contributed by atoms with Gasteiger partial charge in [-0.1, -0.05) is 109 Å². The Balaban J connectivity index is 1.91. The molecule has 1 aromatic carbocycles. The van der Waals surface area contributed by atoms with Crippen LogP contribution < -0.4 is 5.43 Å². The number of hydrogen-bond acceptors (Lipinski definition) is 5. The molecule has 1 atom stereocenters. The highest BCUT2D eigenvalue weighted by atomic mass is 32.2. The zero-order chi connectivity index (χ0) is 26.2. The zero-order valence-electron chi connectivity index (χ0n) is 22.1. The number of benzene rings is 1. The molecular weight excluding hydrogens is 472 g/mol. The average Bonchev–Trinajstić information content (AvgIpc) is 2.86. The molecule has 200 valence electrons. The quantitative estimate of drug-likeness (QED) is 0.143. The van der Waals surface area contributed by atoms with E-state index in [-0.39, 0.29) is 16.8 Å². The summed E-state index contributed by atoms with van der Waals surface area (Å²) in [5.74, 6) is -1.64. The lowest BCUT2D eigenvalue weighted by atomic mass is 10.0. The Labute approximate surface area is 220 Å². The second-order valence-corrected chi connectivity index (χ2v) is 10.8. The summed E-state index contributed by atoms with van der Waals surface area (Å²) in [5, 5.41) is 20.4. The summed E-state index contributed by atoms with van der Waals surface area (Å²) < 4.78 is 5.43. The summed E-state index contributed by atoms with van der Waals surface area (Å²) in [6, 6.07) is 6.18. The van der Waals surface area contributed by atoms with E-state index in [1.165, 1.54) is 76.0 Å². The number of thioether (sulfide) groups is 1. The van der Waals surface area contributed by atoms with Gasteiger partial charge in [-0.3, -0.25) is 4.79 Å². The van der Waals surface area contributed by atoms with Gasteiger partial charge in [-0.05, 0) is 37.5 Å². The van der Waals surface area contributed by atoms with Crippen molar-refractivity contribution < 1.29 is 19.4 Å². The van der Waals surface area contributed by atoms with Gasteiger partial charge in [-0.2, -0.15) is 0 Å². The van der Waals surface area contributed by atoms with Gasteiger partial charge in [-0.25, -0.2) is 4.79 Å². The second-order valence-electron chi connectivity index (χ2n) is 9.63. The molecule has 0 fully saturated rings. The SMILES string of the molecule is CCCCCCCCCCCCCC=C(Sc1ccc2c(=O)cc(C(=O)O)oc2c1)[C@@H](O)CCCC. The topological polar surface area (TPSA) is 87.7 Å². The van der Waals surface area contributed by atoms with E-state index in [1.807, 2.05) is 6.07 Å². The number of unbranched alkanes of at least 4 members (excludes halogenated alkanes) is 12. The summed E-state index contributed by atoms with van der Waals surface area (Å²) in [6.07, 6.45) is 19.6. The normalized spacial score (nSPS) is 12.8. The highest BCUT2D eigenvalue weighted by molar-refractivity contribution is 8.03. The number of rotatable bonds is 19. The van der Waals surface area contributed by atoms with Crippen molar-refractivity contribution in [2.45, 2.75) is 121 Å². The number of allylic oxidation sites excluding steroid dienone is 1. The van der Waals surface area contributed by atoms with Gasteiger partial charge in [0.15, 0.2) is 5.43 Å². The van der Waals surface area contributed by atoms with Crippen molar-refractivity contribution in [2.75, 3.05) is 0 Å². The maximum Gasteiger partial charge on any atom is 0.371 e. The number of carboxylic acid groups (broad SMARTS) is 1. The molecule has 0 aliphatic heterocycles. The minimum absolute atomic E-state index is 0.248. The molecule has 0 unspecified atom stereocenters. The van der Waals surface area contributed by atoms with Gasteiger partial charge in [0.25, 0.3) is 0 Å². The van der Waals surface area contributed by atoms with Crippen LogP contribution in [0.3, 0.4) is 0 Å². The molecule has 0 aliphatic rings. The van der Waals surface area contributed by atoms with Crippen molar-refractivity contribution in [2.24, 2.45) is 0 Å². The van der Waals surface area contributed by atoms with Crippen LogP contribution in [0.4, 0.5) is 0 Å². The smallest absolute Gasteiger partial charge is 0.371 e. The number of aromatic carboxylic acids is 1. The lowest BCUT2D eigenvalue weighted by Gasteiger charge is -2.15. The van der Waals surface area contributed by atoms with Gasteiger partial charge in [0.2, 0.25) is 5.76 Å². The van der Waals surface area contributed by atoms with Gasteiger partial charge in [0.05, 0.1) is 11.5 Å². The fourth-order valence-corrected chi connectivity index (χ4v) is 5.31. The molecule has 2 aromatic rings. The van der Waals surface area contributed by atoms with Crippen molar-refractivity contribution in [1.29, 1.82) is 0 Å². The van der Waals surface area contributed by atoms with Crippen molar-refractivity contribution >= 4 is 28.7 Å². The molecule has 0 amide bonds. The van der Waals surface area contributed by atoms with Gasteiger partial charge in [-0.15, -0.1) is 0 Å². The molecule has 0 saturated heterocycles. The predicted molar refractivity (Wildman–Crippen MR) is 150 cm³/mol. The Kier molecular flexibility index (Phi) is 14.6. The summed E-state index contributed by atoms with van der Waals surface area (Å²) in [7, 11) is 0. The van der Waals surface area contributed by atoms with Crippen LogP contribution >= 0.6 is 11.8 Å². The lowest BCUT2D eigenvalue weighted by Crippen LogP contribution is -2.08. The third-order valence-electron chi connectivity index (χ3n) is 6.46. The standard InChI is InChI=1S/C30H44O5S/c1-3-5-7-8-9-10-11-12-13-14-15-16-18-29(25(31)17-6-4-2)36-23-19-20-24-26(32)22-28(30(33)34)35-27(24)21-23/h18-22,25,31H,3-17H2,1-2H3,(H,33,34)/t25-/m0/s1. The maximum absolute atomic E-state index is 12.2. The summed E-state index contributed by atoms with van der Waals surface area (Å²) >= 11 is 1.47. The minimum Gasteiger partial charge on any atom is -0.475 e. The number of carboxylic acids is 1. The molecule has 1 heterocycles. The van der Waals surface area contributed by atoms with E-state index in [4.69, 9.17) is 4.42 Å². The Bertz CT molecular complexity index is 1010. The van der Waals surface area contributed by atoms with E-state index in [9.17, 15) is 19.8 Å². The van der Waals surface area contributed by atoms with Gasteiger partial charge < -0.3 is 14.6 Å². The largest absolute Gasteiger partial charge is 0.475 e. The van der Waals surface area contributed by atoms with Crippen LogP contribution in [0.2, 0.25) is 0 Å². The van der Waals surface area contributed by atoms with E-state index >= 15 is 0 Å². The van der Waals surface area contributed by atoms with Gasteiger partial charge >= 0.3 is 5.97 Å². The molecule has 0 radical (unpaired) electrons. The van der Waals surface area contributed by atoms with Crippen LogP contribution in [0.25, 0.3) is 11.0 Å². The maximum atomic E-state index is 12.2. The lowest BCUT2D eigenvalue weighted by molar-refractivity contribution is 0.0663. The Hall–Kier alpha value is -2.05. The van der Waals surface area contributed by atoms with Crippen molar-refractivity contribution in [3.05, 3.63) is 51.2 Å². The van der Waals surface area contributed by atoms with Crippen molar-refractivity contribution in [3.63, 3.8) is 0 Å². The number of aliphatic hydroxyl groups is 1. The fraction of sp³-hybridized carbons (Fsp3) is 0.600. The van der Waals surface area contributed by atoms with Gasteiger partial charge in [0, 0.05) is 15.9 Å². The molecule has 1 aromatic heterocycles. The molecule has 5 nitrogen and oxygen atoms in total. The number of aliphatic hydroxyl groups excluding tert-OH is 1. The molecule has 36 heavy (non-hydrogen) atoms. The molecule has 0 bridgehead atoms. The van der Waals surface area contributed by atoms with Gasteiger partial charge in [0.1, 0.15) is 5.58 Å². The molecule has 2 rings (SSSR count). The number of carbonyl (C=O) groups is 1. The molecule has 0 saturated carbocycles. The summed E-state index contributed by atoms with van der Waals surface area (Å²) in [5.41, 5.74) is -0.127. The molecule has 2 N–H and O–H groups in total. The molecule has 0 spiro atoms. The van der Waals surface area contributed by atoms with Crippen molar-refractivity contribution in [1.82, 2.24) is 0 Å². The Morgan fingerprint density at radius 3 is 2.14 bits per heavy atom.